The van der Waals surface area contributed by atoms with Gasteiger partial charge >= 0.3 is 0 Å². The minimum absolute atomic E-state index is 0.0127. The van der Waals surface area contributed by atoms with Gasteiger partial charge in [0.15, 0.2) is 0 Å². The zero-order valence-corrected chi connectivity index (χ0v) is 29.4. The van der Waals surface area contributed by atoms with Gasteiger partial charge in [0.2, 0.25) is 11.8 Å². The van der Waals surface area contributed by atoms with Crippen molar-refractivity contribution in [2.45, 2.75) is 57.1 Å². The van der Waals surface area contributed by atoms with Crippen LogP contribution in [0.15, 0.2) is 102 Å². The number of amides is 2. The lowest BCUT2D eigenvalue weighted by molar-refractivity contribution is -0.140. The average molecular weight is 697 g/mol. The number of benzene rings is 4. The lowest BCUT2D eigenvalue weighted by Crippen LogP contribution is -2.56. The van der Waals surface area contributed by atoms with E-state index in [1.807, 2.05) is 58.0 Å². The van der Waals surface area contributed by atoms with Crippen molar-refractivity contribution in [3.63, 3.8) is 0 Å². The number of methoxy groups -OCH3 is 1. The topological polar surface area (TPSA) is 96.0 Å². The molecular weight excluding hydrogens is 657 g/mol. The zero-order chi connectivity index (χ0) is 34.4. The van der Waals surface area contributed by atoms with Gasteiger partial charge in [0.25, 0.3) is 10.0 Å². The van der Waals surface area contributed by atoms with Crippen LogP contribution in [-0.2, 0) is 32.6 Å². The number of nitrogens with zero attached hydrogens (tertiary/aromatic N) is 2. The third-order valence-electron chi connectivity index (χ3n) is 7.41. The second-order valence-electron chi connectivity index (χ2n) is 12.2. The molecular formula is C36H39Cl2N3O5S. The molecule has 0 aromatic heterocycles. The Hall–Kier alpha value is -4.05. The Balaban J connectivity index is 1.85. The second-order valence-corrected chi connectivity index (χ2v) is 14.9. The standard InChI is InChI=1S/C36H39Cl2N3O5S/c1-25-14-20-29(21-15-25)47(44,45)41(27-16-18-28(46-5)19-17-27)24-34(42)40(23-30-31(37)12-9-13-32(30)38)33(35(43)39-36(2,3)4)22-26-10-7-6-8-11-26/h6-21,33H,22-24H2,1-5H3,(H,39,43)/t33-/m1/s1. The number of rotatable bonds is 12. The average Bonchev–Trinajstić information content (AvgIpc) is 3.02. The van der Waals surface area contributed by atoms with Crippen LogP contribution >= 0.6 is 23.2 Å². The molecule has 248 valence electrons. The molecule has 8 nitrogen and oxygen atoms in total. The number of ether oxygens (including phenoxy) is 1. The summed E-state index contributed by atoms with van der Waals surface area (Å²) in [5.74, 6) is -0.516. The Morgan fingerprint density at radius 2 is 1.45 bits per heavy atom. The van der Waals surface area contributed by atoms with Crippen LogP contribution in [0, 0.1) is 6.92 Å². The zero-order valence-electron chi connectivity index (χ0n) is 27.0. The van der Waals surface area contributed by atoms with Gasteiger partial charge in [-0.1, -0.05) is 77.3 Å². The maximum Gasteiger partial charge on any atom is 0.264 e. The number of hydrogen-bond donors (Lipinski definition) is 1. The van der Waals surface area contributed by atoms with Gasteiger partial charge in [-0.3, -0.25) is 13.9 Å². The molecule has 0 saturated heterocycles. The van der Waals surface area contributed by atoms with E-state index in [1.165, 1.54) is 24.1 Å². The molecule has 11 heteroatoms. The van der Waals surface area contributed by atoms with Crippen molar-refractivity contribution in [3.05, 3.63) is 124 Å². The molecule has 0 bridgehead atoms. The fourth-order valence-corrected chi connectivity index (χ4v) is 6.91. The van der Waals surface area contributed by atoms with Crippen LogP contribution in [-0.4, -0.2) is 50.4 Å². The monoisotopic (exact) mass is 695 g/mol. The number of halogens is 2. The van der Waals surface area contributed by atoms with E-state index in [-0.39, 0.29) is 23.5 Å². The fraction of sp³-hybridized carbons (Fsp3) is 0.278. The van der Waals surface area contributed by atoms with E-state index >= 15 is 0 Å². The van der Waals surface area contributed by atoms with Crippen molar-refractivity contribution >= 4 is 50.7 Å². The molecule has 0 unspecified atom stereocenters. The number of anilines is 1. The van der Waals surface area contributed by atoms with Crippen LogP contribution in [0.25, 0.3) is 0 Å². The predicted octanol–water partition coefficient (Wildman–Crippen LogP) is 7.06. The highest BCUT2D eigenvalue weighted by atomic mass is 35.5. The summed E-state index contributed by atoms with van der Waals surface area (Å²) in [6.07, 6.45) is 0.157. The molecule has 0 aliphatic heterocycles. The molecule has 0 heterocycles. The number of carbonyl (C=O) groups excluding carboxylic acids is 2. The number of carbonyl (C=O) groups is 2. The van der Waals surface area contributed by atoms with Crippen LogP contribution in [0.4, 0.5) is 5.69 Å². The third kappa shape index (κ3) is 9.28. The lowest BCUT2D eigenvalue weighted by atomic mass is 10.0. The van der Waals surface area contributed by atoms with Crippen molar-refractivity contribution in [2.24, 2.45) is 0 Å². The first kappa shape index (κ1) is 35.8. The summed E-state index contributed by atoms with van der Waals surface area (Å²) in [6, 6.07) is 26.0. The van der Waals surface area contributed by atoms with Crippen molar-refractivity contribution in [2.75, 3.05) is 18.0 Å². The summed E-state index contributed by atoms with van der Waals surface area (Å²) in [5, 5.41) is 3.62. The van der Waals surface area contributed by atoms with E-state index in [0.717, 1.165) is 15.4 Å². The number of sulfonamides is 1. The number of nitrogens with one attached hydrogen (secondary N) is 1. The fourth-order valence-electron chi connectivity index (χ4n) is 4.98. The normalized spacial score (nSPS) is 12.2. The summed E-state index contributed by atoms with van der Waals surface area (Å²) in [5.41, 5.74) is 1.75. The maximum atomic E-state index is 14.6. The molecule has 47 heavy (non-hydrogen) atoms. The van der Waals surface area contributed by atoms with Crippen LogP contribution in [0.1, 0.15) is 37.5 Å². The lowest BCUT2D eigenvalue weighted by Gasteiger charge is -2.35. The SMILES string of the molecule is COc1ccc(N(CC(=O)N(Cc2c(Cl)cccc2Cl)[C@H](Cc2ccccc2)C(=O)NC(C)(C)C)S(=O)(=O)c2ccc(C)cc2)cc1. The van der Waals surface area contributed by atoms with Crippen LogP contribution < -0.4 is 14.4 Å². The highest BCUT2D eigenvalue weighted by Gasteiger charge is 2.36. The van der Waals surface area contributed by atoms with Crippen molar-refractivity contribution in [1.29, 1.82) is 0 Å². The van der Waals surface area contributed by atoms with Gasteiger partial charge in [-0.25, -0.2) is 8.42 Å². The van der Waals surface area contributed by atoms with E-state index in [0.29, 0.717) is 21.4 Å². The van der Waals surface area contributed by atoms with Crippen molar-refractivity contribution in [3.8, 4) is 5.75 Å². The van der Waals surface area contributed by atoms with Gasteiger partial charge < -0.3 is 15.0 Å². The number of aryl methyl sites for hydroxylation is 1. The van der Waals surface area contributed by atoms with Crippen molar-refractivity contribution < 1.29 is 22.7 Å². The Morgan fingerprint density at radius 1 is 0.851 bits per heavy atom. The van der Waals surface area contributed by atoms with Crippen molar-refractivity contribution in [1.82, 2.24) is 10.2 Å². The molecule has 4 aromatic rings. The summed E-state index contributed by atoms with van der Waals surface area (Å²) in [4.78, 5) is 30.0. The molecule has 1 N–H and O–H groups in total. The minimum Gasteiger partial charge on any atom is -0.497 e. The van der Waals surface area contributed by atoms with E-state index < -0.39 is 40.0 Å². The van der Waals surface area contributed by atoms with Crippen LogP contribution in [0.5, 0.6) is 5.75 Å². The number of hydrogen-bond acceptors (Lipinski definition) is 5. The highest BCUT2D eigenvalue weighted by molar-refractivity contribution is 7.92. The first-order valence-corrected chi connectivity index (χ1v) is 17.2. The molecule has 4 aromatic carbocycles. The van der Waals surface area contributed by atoms with Gasteiger partial charge in [0.05, 0.1) is 17.7 Å². The molecule has 0 aliphatic rings. The maximum absolute atomic E-state index is 14.6. The summed E-state index contributed by atoms with van der Waals surface area (Å²) in [6.45, 7) is 6.64. The molecule has 0 fully saturated rings. The first-order valence-electron chi connectivity index (χ1n) is 15.0. The van der Waals surface area contributed by atoms with Gasteiger partial charge in [-0.05, 0) is 81.8 Å². The van der Waals surface area contributed by atoms with Crippen LogP contribution in [0.2, 0.25) is 10.0 Å². The molecule has 4 rings (SSSR count). The summed E-state index contributed by atoms with van der Waals surface area (Å²) < 4.78 is 34.7. The predicted molar refractivity (Wildman–Crippen MR) is 188 cm³/mol. The Morgan fingerprint density at radius 3 is 2.00 bits per heavy atom. The molecule has 0 spiro atoms. The van der Waals surface area contributed by atoms with Gasteiger partial charge in [-0.15, -0.1) is 0 Å². The second kappa shape index (κ2) is 15.2. The third-order valence-corrected chi connectivity index (χ3v) is 9.90. The summed E-state index contributed by atoms with van der Waals surface area (Å²) in [7, 11) is -2.74. The largest absolute Gasteiger partial charge is 0.497 e. The molecule has 0 radical (unpaired) electrons. The molecule has 0 saturated carbocycles. The minimum atomic E-state index is -4.25. The van der Waals surface area contributed by atoms with Gasteiger partial charge in [-0.2, -0.15) is 0 Å². The van der Waals surface area contributed by atoms with E-state index in [4.69, 9.17) is 27.9 Å². The Labute approximate surface area is 287 Å². The van der Waals surface area contributed by atoms with Gasteiger partial charge in [0, 0.05) is 34.1 Å². The van der Waals surface area contributed by atoms with Crippen LogP contribution in [0.3, 0.4) is 0 Å². The Kier molecular flexibility index (Phi) is 11.6. The highest BCUT2D eigenvalue weighted by Crippen LogP contribution is 2.30. The van der Waals surface area contributed by atoms with Gasteiger partial charge in [0.1, 0.15) is 18.3 Å². The Bertz CT molecular complexity index is 1770. The first-order chi connectivity index (χ1) is 22.2. The molecule has 2 amide bonds. The van der Waals surface area contributed by atoms with E-state index in [2.05, 4.69) is 5.32 Å². The van der Waals surface area contributed by atoms with E-state index in [1.54, 1.807) is 54.6 Å². The molecule has 0 aliphatic carbocycles. The van der Waals surface area contributed by atoms with E-state index in [9.17, 15) is 18.0 Å². The molecule has 1 atom stereocenters. The smallest absolute Gasteiger partial charge is 0.264 e. The summed E-state index contributed by atoms with van der Waals surface area (Å²) >= 11 is 13.2. The quantitative estimate of drug-likeness (QED) is 0.171.